The molecular weight excluding hydrogens is 299 g/mol. The van der Waals surface area contributed by atoms with E-state index in [1.54, 1.807) is 4.90 Å². The minimum absolute atomic E-state index is 0.0620. The van der Waals surface area contributed by atoms with Crippen LogP contribution in [0.15, 0.2) is 18.5 Å². The lowest BCUT2D eigenvalue weighted by atomic mass is 9.81. The van der Waals surface area contributed by atoms with Gasteiger partial charge in [-0.05, 0) is 31.7 Å². The zero-order valence-electron chi connectivity index (χ0n) is 13.4. The van der Waals surface area contributed by atoms with Crippen molar-refractivity contribution in [2.24, 2.45) is 0 Å². The third-order valence-electron chi connectivity index (χ3n) is 4.98. The third kappa shape index (κ3) is 3.38. The molecule has 2 fully saturated rings. The van der Waals surface area contributed by atoms with Crippen LogP contribution in [-0.2, 0) is 4.74 Å². The van der Waals surface area contributed by atoms with Crippen molar-refractivity contribution in [3.8, 4) is 0 Å². The molecule has 1 N–H and O–H groups in total. The van der Waals surface area contributed by atoms with Gasteiger partial charge in [-0.3, -0.25) is 9.78 Å². The van der Waals surface area contributed by atoms with Gasteiger partial charge in [0.05, 0.1) is 29.6 Å². The van der Waals surface area contributed by atoms with E-state index in [9.17, 15) is 14.3 Å². The summed E-state index contributed by atoms with van der Waals surface area (Å²) in [6.45, 7) is 3.09. The zero-order valence-corrected chi connectivity index (χ0v) is 13.4. The molecule has 0 radical (unpaired) electrons. The molecule has 0 saturated carbocycles. The van der Waals surface area contributed by atoms with Crippen molar-refractivity contribution in [3.63, 3.8) is 0 Å². The maximum Gasteiger partial charge on any atom is 0.256 e. The van der Waals surface area contributed by atoms with Gasteiger partial charge < -0.3 is 14.7 Å². The summed E-state index contributed by atoms with van der Waals surface area (Å²) < 4.78 is 19.9. The smallest absolute Gasteiger partial charge is 0.256 e. The highest BCUT2D eigenvalue weighted by molar-refractivity contribution is 5.94. The van der Waals surface area contributed by atoms with Crippen molar-refractivity contribution in [3.05, 3.63) is 29.8 Å². The molecule has 2 atom stereocenters. The van der Waals surface area contributed by atoms with E-state index in [0.29, 0.717) is 38.8 Å². The molecule has 3 heterocycles. The Balaban J connectivity index is 1.66. The standard InChI is InChI=1S/C17H23FN2O3/c1-2-13-9-12(21)10-17(23-13)4-7-20(8-5-17)16(22)14-3-6-19-11-15(14)18/h3,6,11-13,21H,2,4-5,7-10H2,1H3/t12-,13+/m1/s1. The van der Waals surface area contributed by atoms with Gasteiger partial charge in [0.15, 0.2) is 5.82 Å². The van der Waals surface area contributed by atoms with E-state index < -0.39 is 5.82 Å². The monoisotopic (exact) mass is 322 g/mol. The largest absolute Gasteiger partial charge is 0.393 e. The Labute approximate surface area is 135 Å². The highest BCUT2D eigenvalue weighted by atomic mass is 19.1. The first-order valence-corrected chi connectivity index (χ1v) is 8.28. The van der Waals surface area contributed by atoms with E-state index in [1.165, 1.54) is 12.3 Å². The second kappa shape index (κ2) is 6.53. The second-order valence-corrected chi connectivity index (χ2v) is 6.57. The lowest BCUT2D eigenvalue weighted by Crippen LogP contribution is -2.53. The summed E-state index contributed by atoms with van der Waals surface area (Å²) in [6, 6.07) is 1.41. The minimum atomic E-state index is -0.590. The summed E-state index contributed by atoms with van der Waals surface area (Å²) in [4.78, 5) is 17.8. The number of rotatable bonds is 2. The average molecular weight is 322 g/mol. The molecule has 1 amide bonds. The quantitative estimate of drug-likeness (QED) is 0.906. The van der Waals surface area contributed by atoms with Crippen LogP contribution in [0, 0.1) is 5.82 Å². The molecule has 3 rings (SSSR count). The van der Waals surface area contributed by atoms with Crippen molar-refractivity contribution in [2.45, 2.75) is 56.8 Å². The van der Waals surface area contributed by atoms with E-state index in [1.807, 2.05) is 0 Å². The summed E-state index contributed by atoms with van der Waals surface area (Å²) in [5.41, 5.74) is -0.279. The Kier molecular flexibility index (Phi) is 4.64. The van der Waals surface area contributed by atoms with Gasteiger partial charge in [-0.1, -0.05) is 6.92 Å². The first kappa shape index (κ1) is 16.3. The maximum atomic E-state index is 13.7. The number of hydrogen-bond acceptors (Lipinski definition) is 4. The van der Waals surface area contributed by atoms with E-state index in [-0.39, 0.29) is 29.3 Å². The third-order valence-corrected chi connectivity index (χ3v) is 4.98. The molecular formula is C17H23FN2O3. The molecule has 2 saturated heterocycles. The summed E-state index contributed by atoms with van der Waals surface area (Å²) >= 11 is 0. The Morgan fingerprint density at radius 1 is 1.52 bits per heavy atom. The van der Waals surface area contributed by atoms with Crippen LogP contribution in [0.2, 0.25) is 0 Å². The Hall–Kier alpha value is -1.53. The number of carbonyl (C=O) groups excluding carboxylic acids is 1. The van der Waals surface area contributed by atoms with Gasteiger partial charge in [0.1, 0.15) is 0 Å². The van der Waals surface area contributed by atoms with E-state index >= 15 is 0 Å². The van der Waals surface area contributed by atoms with Crippen molar-refractivity contribution < 1.29 is 19.0 Å². The van der Waals surface area contributed by atoms with E-state index in [4.69, 9.17) is 4.74 Å². The molecule has 2 aliphatic rings. The Morgan fingerprint density at radius 3 is 2.91 bits per heavy atom. The van der Waals surface area contributed by atoms with Crippen LogP contribution < -0.4 is 0 Å². The van der Waals surface area contributed by atoms with Crippen LogP contribution in [0.25, 0.3) is 0 Å². The molecule has 5 nitrogen and oxygen atoms in total. The second-order valence-electron chi connectivity index (χ2n) is 6.57. The van der Waals surface area contributed by atoms with Crippen LogP contribution in [0.4, 0.5) is 4.39 Å². The van der Waals surface area contributed by atoms with E-state index in [2.05, 4.69) is 11.9 Å². The number of likely N-dealkylation sites (tertiary alicyclic amines) is 1. The topological polar surface area (TPSA) is 62.7 Å². The number of halogens is 1. The van der Waals surface area contributed by atoms with Crippen LogP contribution in [0.1, 0.15) is 49.4 Å². The lowest BCUT2D eigenvalue weighted by molar-refractivity contribution is -0.179. The molecule has 0 aliphatic carbocycles. The fourth-order valence-electron chi connectivity index (χ4n) is 3.67. The first-order valence-electron chi connectivity index (χ1n) is 8.28. The van der Waals surface area contributed by atoms with Crippen LogP contribution in [-0.4, -0.2) is 51.8 Å². The van der Waals surface area contributed by atoms with Crippen molar-refractivity contribution in [1.82, 2.24) is 9.88 Å². The number of carbonyl (C=O) groups is 1. The van der Waals surface area contributed by atoms with Gasteiger partial charge >= 0.3 is 0 Å². The van der Waals surface area contributed by atoms with Gasteiger partial charge in [0.25, 0.3) is 5.91 Å². The molecule has 1 aromatic heterocycles. The predicted molar refractivity (Wildman–Crippen MR) is 82.5 cm³/mol. The molecule has 0 unspecified atom stereocenters. The molecule has 0 aromatic carbocycles. The predicted octanol–water partition coefficient (Wildman–Crippen LogP) is 2.15. The molecule has 1 spiro atoms. The number of aliphatic hydroxyl groups excluding tert-OH is 1. The van der Waals surface area contributed by atoms with Crippen molar-refractivity contribution in [2.75, 3.05) is 13.1 Å². The number of pyridine rings is 1. The number of aliphatic hydroxyl groups is 1. The number of piperidine rings is 1. The minimum Gasteiger partial charge on any atom is -0.393 e. The highest BCUT2D eigenvalue weighted by Crippen LogP contribution is 2.38. The fourth-order valence-corrected chi connectivity index (χ4v) is 3.67. The van der Waals surface area contributed by atoms with Gasteiger partial charge in [0.2, 0.25) is 0 Å². The van der Waals surface area contributed by atoms with Gasteiger partial charge in [-0.2, -0.15) is 0 Å². The molecule has 23 heavy (non-hydrogen) atoms. The number of amides is 1. The fraction of sp³-hybridized carbons (Fsp3) is 0.647. The van der Waals surface area contributed by atoms with Crippen molar-refractivity contribution >= 4 is 5.91 Å². The Morgan fingerprint density at radius 2 is 2.26 bits per heavy atom. The summed E-state index contributed by atoms with van der Waals surface area (Å²) in [7, 11) is 0. The van der Waals surface area contributed by atoms with Crippen LogP contribution >= 0.6 is 0 Å². The zero-order chi connectivity index (χ0) is 16.4. The Bertz CT molecular complexity index is 573. The first-order chi connectivity index (χ1) is 11.0. The molecule has 126 valence electrons. The molecule has 1 aromatic rings. The summed E-state index contributed by atoms with van der Waals surface area (Å²) in [5, 5.41) is 10.1. The number of ether oxygens (including phenoxy) is 1. The van der Waals surface area contributed by atoms with Gasteiger partial charge in [-0.15, -0.1) is 0 Å². The number of hydrogen-bond donors (Lipinski definition) is 1. The van der Waals surface area contributed by atoms with Crippen LogP contribution in [0.3, 0.4) is 0 Å². The maximum absolute atomic E-state index is 13.7. The van der Waals surface area contributed by atoms with Crippen molar-refractivity contribution in [1.29, 1.82) is 0 Å². The van der Waals surface area contributed by atoms with Gasteiger partial charge in [-0.25, -0.2) is 4.39 Å². The SMILES string of the molecule is CC[C@H]1C[C@@H](O)CC2(CCN(C(=O)c3ccncc3F)CC2)O1. The summed E-state index contributed by atoms with van der Waals surface area (Å²) in [6.07, 6.45) is 5.77. The molecule has 2 aliphatic heterocycles. The average Bonchev–Trinajstić information content (AvgIpc) is 2.54. The van der Waals surface area contributed by atoms with Crippen LogP contribution in [0.5, 0.6) is 0 Å². The highest BCUT2D eigenvalue weighted by Gasteiger charge is 2.43. The normalized spacial score (nSPS) is 27.2. The van der Waals surface area contributed by atoms with Gasteiger partial charge in [0, 0.05) is 25.7 Å². The summed E-state index contributed by atoms with van der Waals surface area (Å²) in [5.74, 6) is -0.892. The number of nitrogens with zero attached hydrogens (tertiary/aromatic N) is 2. The number of aromatic nitrogens is 1. The lowest BCUT2D eigenvalue weighted by Gasteiger charge is -2.47. The molecule has 0 bridgehead atoms. The molecule has 6 heteroatoms. The van der Waals surface area contributed by atoms with E-state index in [0.717, 1.165) is 12.6 Å².